The minimum atomic E-state index is 0. The molecule has 0 atom stereocenters. The van der Waals surface area contributed by atoms with Crippen molar-refractivity contribution in [3.63, 3.8) is 0 Å². The van der Waals surface area contributed by atoms with E-state index >= 15 is 0 Å². The predicted molar refractivity (Wildman–Crippen MR) is 11.5 cm³/mol. The fourth-order valence-corrected chi connectivity index (χ4v) is 0. The Labute approximate surface area is 71.3 Å². The standard InChI is InChI=1S/2FH.Ge.Sr/h2*1H;;/q;;;+2/p-2. The van der Waals surface area contributed by atoms with E-state index in [9.17, 15) is 0 Å². The number of hydrogen-bond donors (Lipinski definition) is 0. The van der Waals surface area contributed by atoms with Crippen molar-refractivity contribution in [3.05, 3.63) is 0 Å². The third kappa shape index (κ3) is 9.10. The summed E-state index contributed by atoms with van der Waals surface area (Å²) < 4.78 is 0. The molecule has 0 aliphatic heterocycles. The number of halogens is 2. The van der Waals surface area contributed by atoms with E-state index in [-0.39, 0.29) is 72.5 Å². The van der Waals surface area contributed by atoms with Crippen molar-refractivity contribution in [2.75, 3.05) is 0 Å². The molecule has 0 aliphatic carbocycles. The van der Waals surface area contributed by atoms with E-state index in [4.69, 9.17) is 0 Å². The summed E-state index contributed by atoms with van der Waals surface area (Å²) in [5.41, 5.74) is 0. The molecule has 4 radical (unpaired) electrons. The Morgan fingerprint density at radius 1 is 0.750 bits per heavy atom. The Kier molecular flexibility index (Phi) is 205. The van der Waals surface area contributed by atoms with Crippen LogP contribution in [0.25, 0.3) is 0 Å². The topological polar surface area (TPSA) is 0 Å². The fourth-order valence-electron chi connectivity index (χ4n) is 0. The first-order chi connectivity index (χ1) is 0. The SMILES string of the molecule is [F-].[F-].[Ge].[Sr+2]. The summed E-state index contributed by atoms with van der Waals surface area (Å²) in [7, 11) is 0. The smallest absolute Gasteiger partial charge is 1.00 e. The second-order valence-corrected chi connectivity index (χ2v) is 0. The molecule has 0 saturated carbocycles. The summed E-state index contributed by atoms with van der Waals surface area (Å²) in [6.07, 6.45) is 0. The van der Waals surface area contributed by atoms with Crippen molar-refractivity contribution in [1.29, 1.82) is 0 Å². The molecule has 0 saturated heterocycles. The van der Waals surface area contributed by atoms with Crippen LogP contribution in [0.2, 0.25) is 0 Å². The molecule has 0 heterocycles. The van der Waals surface area contributed by atoms with Gasteiger partial charge in [0, 0.05) is 17.6 Å². The van der Waals surface area contributed by atoms with Crippen LogP contribution >= 0.6 is 0 Å². The van der Waals surface area contributed by atoms with Crippen LogP contribution in [0.4, 0.5) is 0 Å². The average molecular weight is 198 g/mol. The van der Waals surface area contributed by atoms with E-state index in [2.05, 4.69) is 0 Å². The van der Waals surface area contributed by atoms with Crippen LogP contribution < -0.4 is 9.41 Å². The van der Waals surface area contributed by atoms with E-state index in [1.54, 1.807) is 0 Å². The van der Waals surface area contributed by atoms with Crippen LogP contribution in [-0.2, 0) is 0 Å². The van der Waals surface area contributed by atoms with Crippen molar-refractivity contribution in [2.24, 2.45) is 0 Å². The van der Waals surface area contributed by atoms with Crippen LogP contribution in [0.5, 0.6) is 0 Å². The Hall–Kier alpha value is 1.88. The first kappa shape index (κ1) is 39.6. The summed E-state index contributed by atoms with van der Waals surface area (Å²) >= 11 is 0. The molecule has 0 N–H and O–H groups in total. The monoisotopic (exact) mass is 200 g/mol. The van der Waals surface area contributed by atoms with Gasteiger partial charge >= 0.3 is 45.5 Å². The molecule has 4 heavy (non-hydrogen) atoms. The minimum Gasteiger partial charge on any atom is -1.00 e. The second kappa shape index (κ2) is 20.8. The molecule has 0 aromatic rings. The molecule has 0 fully saturated rings. The molecule has 0 bridgehead atoms. The third-order valence-electron chi connectivity index (χ3n) is 0. The summed E-state index contributed by atoms with van der Waals surface area (Å²) in [6.45, 7) is 0. The van der Waals surface area contributed by atoms with E-state index in [1.807, 2.05) is 0 Å². The van der Waals surface area contributed by atoms with E-state index < -0.39 is 0 Å². The summed E-state index contributed by atoms with van der Waals surface area (Å²) in [6, 6.07) is 0. The van der Waals surface area contributed by atoms with Gasteiger partial charge in [-0.15, -0.1) is 0 Å². The molecule has 4 heteroatoms. The van der Waals surface area contributed by atoms with Crippen LogP contribution in [0, 0.1) is 0 Å². The molecule has 0 aliphatic rings. The normalized spacial score (nSPS) is 0. The van der Waals surface area contributed by atoms with Gasteiger partial charge in [0.25, 0.3) is 0 Å². The van der Waals surface area contributed by atoms with Gasteiger partial charge in [0.2, 0.25) is 0 Å². The molecular formula is F2GeSr. The van der Waals surface area contributed by atoms with Gasteiger partial charge in [-0.1, -0.05) is 0 Å². The molecular weight excluding hydrogens is 198 g/mol. The fraction of sp³-hybridized carbons (Fsp3) is 0. The van der Waals surface area contributed by atoms with Gasteiger partial charge in [-0.3, -0.25) is 0 Å². The largest absolute Gasteiger partial charge is 2.00 e. The van der Waals surface area contributed by atoms with Crippen molar-refractivity contribution in [2.45, 2.75) is 0 Å². The first-order valence-electron chi connectivity index (χ1n) is 0. The average Bonchev–Trinajstić information content (AvgIpc) is 0. The van der Waals surface area contributed by atoms with Gasteiger partial charge in [-0.05, 0) is 0 Å². The second-order valence-electron chi connectivity index (χ2n) is 0. The zero-order valence-corrected chi connectivity index (χ0v) is 7.54. The molecule has 20 valence electrons. The number of rotatable bonds is 0. The van der Waals surface area contributed by atoms with Crippen LogP contribution in [-0.4, -0.2) is 63.1 Å². The van der Waals surface area contributed by atoms with Gasteiger partial charge in [-0.25, -0.2) is 0 Å². The van der Waals surface area contributed by atoms with Gasteiger partial charge in [0.05, 0.1) is 0 Å². The van der Waals surface area contributed by atoms with Crippen molar-refractivity contribution >= 4 is 63.1 Å². The zero-order valence-electron chi connectivity index (χ0n) is 1.96. The molecule has 0 amide bonds. The zero-order chi connectivity index (χ0) is 0. The maximum absolute atomic E-state index is 0. The Morgan fingerprint density at radius 2 is 0.750 bits per heavy atom. The molecule has 0 rings (SSSR count). The van der Waals surface area contributed by atoms with Gasteiger partial charge in [0.15, 0.2) is 0 Å². The molecule has 0 aromatic heterocycles. The maximum Gasteiger partial charge on any atom is 2.00 e. The Bertz CT molecular complexity index is 6.00. The Balaban J connectivity index is 0. The quantitative estimate of drug-likeness (QED) is 0.339. The molecule has 0 spiro atoms. The first-order valence-corrected chi connectivity index (χ1v) is 0. The molecule has 0 unspecified atom stereocenters. The van der Waals surface area contributed by atoms with E-state index in [0.29, 0.717) is 0 Å². The van der Waals surface area contributed by atoms with Crippen LogP contribution in [0.15, 0.2) is 0 Å². The summed E-state index contributed by atoms with van der Waals surface area (Å²) in [5.74, 6) is 0. The minimum absolute atomic E-state index is 0. The Morgan fingerprint density at radius 3 is 0.750 bits per heavy atom. The van der Waals surface area contributed by atoms with Gasteiger partial charge < -0.3 is 9.41 Å². The van der Waals surface area contributed by atoms with Crippen LogP contribution in [0.1, 0.15) is 0 Å². The third-order valence-corrected chi connectivity index (χ3v) is 0. The maximum atomic E-state index is 0. The summed E-state index contributed by atoms with van der Waals surface area (Å²) in [4.78, 5) is 0. The van der Waals surface area contributed by atoms with Gasteiger partial charge in [-0.2, -0.15) is 0 Å². The van der Waals surface area contributed by atoms with Crippen molar-refractivity contribution in [1.82, 2.24) is 0 Å². The van der Waals surface area contributed by atoms with E-state index in [1.165, 1.54) is 0 Å². The van der Waals surface area contributed by atoms with Crippen molar-refractivity contribution in [3.8, 4) is 0 Å². The van der Waals surface area contributed by atoms with Crippen LogP contribution in [0.3, 0.4) is 0 Å². The molecule has 0 nitrogen and oxygen atoms in total. The predicted octanol–water partition coefficient (Wildman–Crippen LogP) is -6.75. The molecule has 0 aromatic carbocycles. The van der Waals surface area contributed by atoms with Crippen molar-refractivity contribution < 1.29 is 9.41 Å². The van der Waals surface area contributed by atoms with E-state index in [0.717, 1.165) is 0 Å². The van der Waals surface area contributed by atoms with Gasteiger partial charge in [0.1, 0.15) is 0 Å². The summed E-state index contributed by atoms with van der Waals surface area (Å²) in [5, 5.41) is 0. The number of hydrogen-bond acceptors (Lipinski definition) is 0.